The Kier molecular flexibility index (Phi) is 0.308. The van der Waals surface area contributed by atoms with E-state index in [0.29, 0.717) is 5.56 Å². The zero-order valence-electron chi connectivity index (χ0n) is 3.48. The Balaban J connectivity index is 2.77. The van der Waals surface area contributed by atoms with Crippen LogP contribution >= 0.6 is 0 Å². The van der Waals surface area contributed by atoms with Gasteiger partial charge in [-0.05, 0) is 6.07 Å². The quantitative estimate of drug-likeness (QED) is 0.448. The highest BCUT2D eigenvalue weighted by molar-refractivity contribution is 5.79. The first-order valence-corrected chi connectivity index (χ1v) is 2.04. The number of aromatic nitrogens is 1. The molecule has 0 atom stereocenters. The standard InChI is InChI=1S/C5H2FN/c6-5-4-1-3(4)2-7-5/h1-2H. The van der Waals surface area contributed by atoms with Crippen LogP contribution in [0.25, 0.3) is 11.1 Å². The Labute approximate surface area is 39.8 Å². The molecule has 0 fully saturated rings. The van der Waals surface area contributed by atoms with Crippen molar-refractivity contribution in [2.24, 2.45) is 0 Å². The lowest BCUT2D eigenvalue weighted by molar-refractivity contribution is 0.597. The molecule has 7 heavy (non-hydrogen) atoms. The van der Waals surface area contributed by atoms with E-state index in [9.17, 15) is 4.39 Å². The largest absolute Gasteiger partial charge is 0.227 e. The predicted octanol–water partition coefficient (Wildman–Crippen LogP) is 1.20. The van der Waals surface area contributed by atoms with Crippen molar-refractivity contribution in [2.45, 2.75) is 0 Å². The molecule has 0 aromatic rings. The number of fused-ring (bicyclic) bond motifs is 1. The molecule has 1 aliphatic carbocycles. The van der Waals surface area contributed by atoms with Crippen molar-refractivity contribution < 1.29 is 4.39 Å². The Morgan fingerprint density at radius 1 is 1.57 bits per heavy atom. The van der Waals surface area contributed by atoms with Crippen molar-refractivity contribution in [3.63, 3.8) is 0 Å². The maximum atomic E-state index is 12.0. The molecule has 0 saturated carbocycles. The highest BCUT2D eigenvalue weighted by atomic mass is 19.1. The minimum absolute atomic E-state index is 0.324. The molecule has 0 unspecified atom stereocenters. The summed E-state index contributed by atoms with van der Waals surface area (Å²) in [7, 11) is 0. The van der Waals surface area contributed by atoms with Crippen molar-refractivity contribution in [2.75, 3.05) is 0 Å². The first-order valence-electron chi connectivity index (χ1n) is 2.04. The van der Waals surface area contributed by atoms with Crippen LogP contribution in [-0.4, -0.2) is 4.98 Å². The molecule has 0 aromatic carbocycles. The van der Waals surface area contributed by atoms with E-state index in [1.54, 1.807) is 6.07 Å². The average molecular weight is 95.1 g/mol. The second-order valence-electron chi connectivity index (χ2n) is 1.56. The first-order chi connectivity index (χ1) is 3.38. The number of hydrogen-bond acceptors (Lipinski definition) is 1. The molecular formula is C5H2FN. The lowest BCUT2D eigenvalue weighted by Gasteiger charge is -1.65. The molecule has 0 amide bonds. The lowest BCUT2D eigenvalue weighted by Crippen LogP contribution is -1.63. The molecule has 0 N–H and O–H groups in total. The van der Waals surface area contributed by atoms with Crippen molar-refractivity contribution in [3.05, 3.63) is 18.2 Å². The normalized spacial score (nSPS) is 11.6. The van der Waals surface area contributed by atoms with E-state index >= 15 is 0 Å². The number of hydrogen-bond donors (Lipinski definition) is 0. The molecule has 2 aliphatic rings. The van der Waals surface area contributed by atoms with Gasteiger partial charge in [0.2, 0.25) is 5.95 Å². The summed E-state index contributed by atoms with van der Waals surface area (Å²) >= 11 is 0. The van der Waals surface area contributed by atoms with Crippen molar-refractivity contribution in [1.82, 2.24) is 4.98 Å². The third-order valence-corrected chi connectivity index (χ3v) is 1.07. The minimum atomic E-state index is -0.324. The van der Waals surface area contributed by atoms with Crippen LogP contribution < -0.4 is 0 Å². The fraction of sp³-hybridized carbons (Fsp3) is 0. The van der Waals surface area contributed by atoms with Crippen LogP contribution in [0.3, 0.4) is 0 Å². The Morgan fingerprint density at radius 2 is 2.43 bits per heavy atom. The van der Waals surface area contributed by atoms with E-state index in [1.807, 2.05) is 0 Å². The van der Waals surface area contributed by atoms with Crippen LogP contribution in [0.4, 0.5) is 4.39 Å². The summed E-state index contributed by atoms with van der Waals surface area (Å²) in [4.78, 5) is 3.39. The van der Waals surface area contributed by atoms with Gasteiger partial charge in [0.1, 0.15) is 0 Å². The number of nitrogens with zero attached hydrogens (tertiary/aromatic N) is 1. The predicted molar refractivity (Wildman–Crippen MR) is 23.2 cm³/mol. The molecule has 0 radical (unpaired) electrons. The van der Waals surface area contributed by atoms with Gasteiger partial charge >= 0.3 is 0 Å². The zero-order valence-corrected chi connectivity index (χ0v) is 3.48. The maximum Gasteiger partial charge on any atom is 0.220 e. The molecule has 2 heteroatoms. The third kappa shape index (κ3) is 0.243. The van der Waals surface area contributed by atoms with Crippen LogP contribution in [0.15, 0.2) is 12.3 Å². The third-order valence-electron chi connectivity index (χ3n) is 1.07. The summed E-state index contributed by atoms with van der Waals surface area (Å²) in [5.41, 5.74) is 1.65. The van der Waals surface area contributed by atoms with Crippen molar-refractivity contribution in [1.29, 1.82) is 0 Å². The smallest absolute Gasteiger partial charge is 0.220 e. The number of rotatable bonds is 0. The Hall–Kier alpha value is -0.920. The molecule has 0 bridgehead atoms. The summed E-state index contributed by atoms with van der Waals surface area (Å²) < 4.78 is 12.0. The lowest BCUT2D eigenvalue weighted by atomic mass is 10.5. The van der Waals surface area contributed by atoms with Gasteiger partial charge < -0.3 is 0 Å². The van der Waals surface area contributed by atoms with Crippen LogP contribution in [0.2, 0.25) is 0 Å². The summed E-state index contributed by atoms with van der Waals surface area (Å²) in [6.07, 6.45) is 1.53. The monoisotopic (exact) mass is 95.0 g/mol. The highest BCUT2D eigenvalue weighted by Gasteiger charge is 2.18. The van der Waals surface area contributed by atoms with E-state index in [2.05, 4.69) is 4.98 Å². The van der Waals surface area contributed by atoms with Gasteiger partial charge in [-0.1, -0.05) is 0 Å². The maximum absolute atomic E-state index is 12.0. The van der Waals surface area contributed by atoms with Gasteiger partial charge in [-0.25, -0.2) is 4.98 Å². The van der Waals surface area contributed by atoms with Gasteiger partial charge in [0, 0.05) is 17.3 Å². The Morgan fingerprint density at radius 3 is 2.57 bits per heavy atom. The van der Waals surface area contributed by atoms with Crippen LogP contribution in [-0.2, 0) is 0 Å². The van der Waals surface area contributed by atoms with Gasteiger partial charge in [-0.15, -0.1) is 0 Å². The molecule has 0 saturated heterocycles. The van der Waals surface area contributed by atoms with E-state index in [1.165, 1.54) is 6.20 Å². The molecule has 1 nitrogen and oxygen atoms in total. The first kappa shape index (κ1) is 3.13. The van der Waals surface area contributed by atoms with E-state index in [-0.39, 0.29) is 5.95 Å². The van der Waals surface area contributed by atoms with Gasteiger partial charge in [-0.3, -0.25) is 0 Å². The second kappa shape index (κ2) is 0.689. The van der Waals surface area contributed by atoms with Gasteiger partial charge in [-0.2, -0.15) is 4.39 Å². The van der Waals surface area contributed by atoms with Gasteiger partial charge in [0.15, 0.2) is 0 Å². The Bertz CT molecular complexity index is 219. The summed E-state index contributed by atoms with van der Waals surface area (Å²) in [5, 5.41) is 0. The van der Waals surface area contributed by atoms with E-state index in [0.717, 1.165) is 5.56 Å². The molecule has 0 aromatic heterocycles. The summed E-state index contributed by atoms with van der Waals surface area (Å²) in [6.45, 7) is 0. The second-order valence-corrected chi connectivity index (χ2v) is 1.56. The molecule has 34 valence electrons. The highest BCUT2D eigenvalue weighted by Crippen LogP contribution is 2.34. The number of pyridine rings is 1. The van der Waals surface area contributed by atoms with Crippen LogP contribution in [0.1, 0.15) is 0 Å². The molecule has 0 spiro atoms. The molecular weight excluding hydrogens is 93.1 g/mol. The summed E-state index contributed by atoms with van der Waals surface area (Å²) in [6, 6.07) is 1.77. The van der Waals surface area contributed by atoms with Crippen LogP contribution in [0.5, 0.6) is 0 Å². The van der Waals surface area contributed by atoms with E-state index in [4.69, 9.17) is 0 Å². The molecule has 1 aliphatic heterocycles. The SMILES string of the molecule is Fc1ncc2cc1-2. The fourth-order valence-corrected chi connectivity index (χ4v) is 0.601. The molecule has 2 rings (SSSR count). The van der Waals surface area contributed by atoms with Crippen LogP contribution in [0, 0.1) is 5.95 Å². The van der Waals surface area contributed by atoms with Gasteiger partial charge in [0.25, 0.3) is 0 Å². The average Bonchev–Trinajstić information content (AvgIpc) is 2.33. The van der Waals surface area contributed by atoms with E-state index < -0.39 is 0 Å². The number of halogens is 1. The van der Waals surface area contributed by atoms with Gasteiger partial charge in [0.05, 0.1) is 0 Å². The topological polar surface area (TPSA) is 12.9 Å². The summed E-state index contributed by atoms with van der Waals surface area (Å²) in [5.74, 6) is -0.324. The fourth-order valence-electron chi connectivity index (χ4n) is 0.601. The van der Waals surface area contributed by atoms with Crippen molar-refractivity contribution >= 4 is 0 Å². The molecule has 1 heterocycles. The minimum Gasteiger partial charge on any atom is -0.227 e. The van der Waals surface area contributed by atoms with Crippen molar-refractivity contribution in [3.8, 4) is 11.1 Å². The zero-order chi connectivity index (χ0) is 4.85.